The van der Waals surface area contributed by atoms with Crippen LogP contribution in [0.4, 0.5) is 23.2 Å². The van der Waals surface area contributed by atoms with Crippen LogP contribution in [0.3, 0.4) is 0 Å². The summed E-state index contributed by atoms with van der Waals surface area (Å²) in [6.07, 6.45) is -1.66. The number of benzene rings is 2. The van der Waals surface area contributed by atoms with E-state index in [0.717, 1.165) is 5.56 Å². The van der Waals surface area contributed by atoms with E-state index in [4.69, 9.17) is 0 Å². The van der Waals surface area contributed by atoms with Crippen molar-refractivity contribution in [3.05, 3.63) is 71.6 Å². The third-order valence-electron chi connectivity index (χ3n) is 4.53. The van der Waals surface area contributed by atoms with Gasteiger partial charge in [0, 0.05) is 12.1 Å². The molecule has 0 spiro atoms. The van der Waals surface area contributed by atoms with Gasteiger partial charge in [0.05, 0.1) is 17.6 Å². The summed E-state index contributed by atoms with van der Waals surface area (Å²) < 4.78 is 54.5. The van der Waals surface area contributed by atoms with Crippen LogP contribution >= 0.6 is 0 Å². The minimum Gasteiger partial charge on any atom is -0.359 e. The second-order valence-electron chi connectivity index (χ2n) is 6.64. The average Bonchev–Trinajstić information content (AvgIpc) is 2.54. The van der Waals surface area contributed by atoms with Gasteiger partial charge in [-0.3, -0.25) is 0 Å². The summed E-state index contributed by atoms with van der Waals surface area (Å²) in [5.74, 6) is -0.497. The molecule has 0 amide bonds. The fourth-order valence-electron chi connectivity index (χ4n) is 3.54. The quantitative estimate of drug-likeness (QED) is 0.648. The van der Waals surface area contributed by atoms with Crippen molar-refractivity contribution < 1.29 is 17.6 Å². The van der Waals surface area contributed by atoms with Gasteiger partial charge in [0.15, 0.2) is 0 Å². The molecule has 0 bridgehead atoms. The third-order valence-corrected chi connectivity index (χ3v) is 4.53. The van der Waals surface area contributed by atoms with E-state index in [0.29, 0.717) is 5.56 Å². The Hall–Kier alpha value is -2.30. The number of nitrogens with zero attached hydrogens (tertiary/aromatic N) is 1. The van der Waals surface area contributed by atoms with Crippen LogP contribution in [0.5, 0.6) is 0 Å². The molecule has 0 radical (unpaired) electrons. The van der Waals surface area contributed by atoms with Crippen molar-refractivity contribution in [3.8, 4) is 0 Å². The Morgan fingerprint density at radius 2 is 1.72 bits per heavy atom. The van der Waals surface area contributed by atoms with E-state index in [9.17, 15) is 17.6 Å². The van der Waals surface area contributed by atoms with Gasteiger partial charge in [0.2, 0.25) is 0 Å². The summed E-state index contributed by atoms with van der Waals surface area (Å²) in [6, 6.07) is 13.6. The van der Waals surface area contributed by atoms with Gasteiger partial charge in [-0.15, -0.1) is 0 Å². The Morgan fingerprint density at radius 3 is 2.40 bits per heavy atom. The zero-order chi connectivity index (χ0) is 18.1. The summed E-state index contributed by atoms with van der Waals surface area (Å²) >= 11 is 0. The fourth-order valence-corrected chi connectivity index (χ4v) is 3.54. The number of hydrogen-bond donors (Lipinski definition) is 0. The van der Waals surface area contributed by atoms with Crippen LogP contribution in [-0.4, -0.2) is 18.3 Å². The van der Waals surface area contributed by atoms with Gasteiger partial charge in [-0.2, -0.15) is 13.2 Å². The third kappa shape index (κ3) is 3.86. The van der Waals surface area contributed by atoms with Gasteiger partial charge in [-0.25, -0.2) is 4.39 Å². The normalized spacial score (nSPS) is 16.4. The molecule has 1 atom stereocenters. The van der Waals surface area contributed by atoms with Crippen molar-refractivity contribution >= 4 is 11.8 Å². The first kappa shape index (κ1) is 17.5. The monoisotopic (exact) mass is 349 g/mol. The predicted octanol–water partition coefficient (Wildman–Crippen LogP) is 5.61. The number of halogens is 4. The molecule has 1 nitrogen and oxygen atoms in total. The highest BCUT2D eigenvalue weighted by Gasteiger charge is 2.44. The van der Waals surface area contributed by atoms with Gasteiger partial charge in [-0.1, -0.05) is 54.6 Å². The first-order valence-electron chi connectivity index (χ1n) is 8.12. The van der Waals surface area contributed by atoms with Crippen molar-refractivity contribution in [1.29, 1.82) is 0 Å². The molecule has 0 unspecified atom stereocenters. The molecule has 2 aromatic rings. The predicted molar refractivity (Wildman–Crippen MR) is 92.0 cm³/mol. The first-order valence-corrected chi connectivity index (χ1v) is 8.12. The molecular weight excluding hydrogens is 330 g/mol. The van der Waals surface area contributed by atoms with Crippen molar-refractivity contribution in [1.82, 2.24) is 0 Å². The van der Waals surface area contributed by atoms with E-state index < -0.39 is 24.0 Å². The fraction of sp³-hybridized carbons (Fsp3) is 0.300. The number of anilines is 1. The van der Waals surface area contributed by atoms with Crippen molar-refractivity contribution in [3.63, 3.8) is 0 Å². The van der Waals surface area contributed by atoms with Gasteiger partial charge >= 0.3 is 6.18 Å². The summed E-state index contributed by atoms with van der Waals surface area (Å²) in [7, 11) is 0. The lowest BCUT2D eigenvalue weighted by Crippen LogP contribution is -2.52. The summed E-state index contributed by atoms with van der Waals surface area (Å²) in [6.45, 7) is 1.80. The van der Waals surface area contributed by atoms with E-state index in [1.807, 2.05) is 6.07 Å². The highest BCUT2D eigenvalue weighted by Crippen LogP contribution is 2.40. The molecule has 0 aromatic heterocycles. The van der Waals surface area contributed by atoms with E-state index in [2.05, 4.69) is 0 Å². The lowest BCUT2D eigenvalue weighted by molar-refractivity contribution is -0.146. The molecule has 5 heteroatoms. The minimum absolute atomic E-state index is 0.176. The van der Waals surface area contributed by atoms with Gasteiger partial charge in [0.1, 0.15) is 5.82 Å². The topological polar surface area (TPSA) is 3.24 Å². The largest absolute Gasteiger partial charge is 0.391 e. The highest BCUT2D eigenvalue weighted by molar-refractivity contribution is 5.72. The molecule has 0 aliphatic carbocycles. The average molecular weight is 349 g/mol. The van der Waals surface area contributed by atoms with Crippen LogP contribution < -0.4 is 4.90 Å². The lowest BCUT2D eigenvalue weighted by Gasteiger charge is -2.45. The molecule has 0 saturated carbocycles. The summed E-state index contributed by atoms with van der Waals surface area (Å²) in [5, 5.41) is 0. The maximum absolute atomic E-state index is 14.5. The van der Waals surface area contributed by atoms with Crippen LogP contribution in [0, 0.1) is 5.82 Å². The van der Waals surface area contributed by atoms with Crippen LogP contribution in [-0.2, 0) is 6.42 Å². The van der Waals surface area contributed by atoms with Crippen LogP contribution in [0.1, 0.15) is 24.5 Å². The van der Waals surface area contributed by atoms with Crippen molar-refractivity contribution in [2.75, 3.05) is 11.4 Å². The SMILES string of the molecule is C[C@](Cc1ccccc1)(CC(F)(F)F)N1CC=Cc2cccc(F)c21. The maximum atomic E-state index is 14.5. The molecule has 3 rings (SSSR count). The summed E-state index contributed by atoms with van der Waals surface area (Å²) in [4.78, 5) is 1.55. The standard InChI is InChI=1S/C20H19F4N/c1-19(14-20(22,23)24,13-15-7-3-2-4-8-15)25-12-6-10-16-9-5-11-17(21)18(16)25/h2-11H,12-14H2,1H3/t19-/m0/s1. The summed E-state index contributed by atoms with van der Waals surface area (Å²) in [5.41, 5.74) is 0.350. The van der Waals surface area contributed by atoms with E-state index >= 15 is 0 Å². The van der Waals surface area contributed by atoms with Gasteiger partial charge in [-0.05, 0) is 25.0 Å². The Kier molecular flexibility index (Phi) is 4.58. The Morgan fingerprint density at radius 1 is 1.00 bits per heavy atom. The molecule has 0 fully saturated rings. The molecule has 1 aliphatic heterocycles. The Bertz CT molecular complexity index is 767. The molecule has 25 heavy (non-hydrogen) atoms. The molecule has 1 aliphatic rings. The van der Waals surface area contributed by atoms with Crippen LogP contribution in [0.15, 0.2) is 54.6 Å². The zero-order valence-corrected chi connectivity index (χ0v) is 13.9. The Balaban J connectivity index is 2.05. The zero-order valence-electron chi connectivity index (χ0n) is 13.9. The second kappa shape index (κ2) is 6.54. The molecule has 2 aromatic carbocycles. The van der Waals surface area contributed by atoms with Crippen molar-refractivity contribution in [2.24, 2.45) is 0 Å². The van der Waals surface area contributed by atoms with E-state index in [1.165, 1.54) is 6.07 Å². The number of alkyl halides is 3. The minimum atomic E-state index is -4.35. The second-order valence-corrected chi connectivity index (χ2v) is 6.64. The van der Waals surface area contributed by atoms with Gasteiger partial charge < -0.3 is 4.90 Å². The molecule has 132 valence electrons. The number of fused-ring (bicyclic) bond motifs is 1. The van der Waals surface area contributed by atoms with E-state index in [-0.39, 0.29) is 18.7 Å². The van der Waals surface area contributed by atoms with Crippen LogP contribution in [0.2, 0.25) is 0 Å². The van der Waals surface area contributed by atoms with Gasteiger partial charge in [0.25, 0.3) is 0 Å². The number of hydrogen-bond acceptors (Lipinski definition) is 1. The smallest absolute Gasteiger partial charge is 0.359 e. The van der Waals surface area contributed by atoms with Crippen LogP contribution in [0.25, 0.3) is 6.08 Å². The number of rotatable bonds is 4. The maximum Gasteiger partial charge on any atom is 0.391 e. The molecule has 0 saturated heterocycles. The lowest BCUT2D eigenvalue weighted by atomic mass is 9.85. The highest BCUT2D eigenvalue weighted by atomic mass is 19.4. The molecular formula is C20H19F4N. The number of para-hydroxylation sites is 1. The molecule has 1 heterocycles. The molecule has 0 N–H and O–H groups in total. The Labute approximate surface area is 144 Å². The van der Waals surface area contributed by atoms with E-state index in [1.54, 1.807) is 60.4 Å². The van der Waals surface area contributed by atoms with Crippen molar-refractivity contribution in [2.45, 2.75) is 31.5 Å². The first-order chi connectivity index (χ1) is 11.8.